The van der Waals surface area contributed by atoms with Gasteiger partial charge in [-0.1, -0.05) is 0 Å². The van der Waals surface area contributed by atoms with E-state index in [-0.39, 0.29) is 12.3 Å². The number of nitrogens with one attached hydrogen (secondary N) is 1. The molecule has 0 spiro atoms. The monoisotopic (exact) mass is 359 g/mol. The van der Waals surface area contributed by atoms with E-state index < -0.39 is 11.5 Å². The lowest BCUT2D eigenvalue weighted by Gasteiger charge is -2.41. The summed E-state index contributed by atoms with van der Waals surface area (Å²) in [6.45, 7) is 0. The fourth-order valence-electron chi connectivity index (χ4n) is 2.51. The van der Waals surface area contributed by atoms with Crippen LogP contribution in [-0.4, -0.2) is 22.5 Å². The standard InChI is InChI=1S/C14H18BrNO3S/c15-11-6-5-10(20-11)3-1-4-12(17)16-14(7-2-8-14)9-13(18)19/h5-6H,1-4,7-9H2,(H,16,17)(H,18,19). The number of amides is 1. The maximum atomic E-state index is 11.9. The summed E-state index contributed by atoms with van der Waals surface area (Å²) >= 11 is 5.10. The molecule has 0 aromatic carbocycles. The third kappa shape index (κ3) is 4.31. The molecule has 4 nitrogen and oxygen atoms in total. The Hall–Kier alpha value is -0.880. The minimum atomic E-state index is -0.839. The van der Waals surface area contributed by atoms with Gasteiger partial charge in [-0.15, -0.1) is 11.3 Å². The van der Waals surface area contributed by atoms with Gasteiger partial charge in [0.1, 0.15) is 0 Å². The van der Waals surface area contributed by atoms with Crippen molar-refractivity contribution < 1.29 is 14.7 Å². The fraction of sp³-hybridized carbons (Fsp3) is 0.571. The van der Waals surface area contributed by atoms with Crippen LogP contribution in [0.15, 0.2) is 15.9 Å². The minimum Gasteiger partial charge on any atom is -0.481 e. The first kappa shape index (κ1) is 15.5. The molecule has 110 valence electrons. The second-order valence-electron chi connectivity index (χ2n) is 5.31. The van der Waals surface area contributed by atoms with Crippen LogP contribution < -0.4 is 5.32 Å². The number of aliphatic carboxylic acids is 1. The molecule has 1 aliphatic rings. The molecule has 1 aliphatic carbocycles. The molecule has 0 radical (unpaired) electrons. The molecule has 1 fully saturated rings. The second kappa shape index (κ2) is 6.72. The Bertz CT molecular complexity index is 496. The molecule has 6 heteroatoms. The fourth-order valence-corrected chi connectivity index (χ4v) is 4.03. The molecule has 1 saturated carbocycles. The number of carboxylic acids is 1. The zero-order valence-corrected chi connectivity index (χ0v) is 13.6. The number of hydrogen-bond donors (Lipinski definition) is 2. The maximum absolute atomic E-state index is 11.9. The van der Waals surface area contributed by atoms with Gasteiger partial charge in [-0.05, 0) is 60.2 Å². The summed E-state index contributed by atoms with van der Waals surface area (Å²) in [6.07, 6.45) is 4.73. The van der Waals surface area contributed by atoms with Crippen molar-refractivity contribution in [2.24, 2.45) is 0 Å². The summed E-state index contributed by atoms with van der Waals surface area (Å²) < 4.78 is 1.10. The van der Waals surface area contributed by atoms with Crippen LogP contribution in [0.2, 0.25) is 0 Å². The highest BCUT2D eigenvalue weighted by Crippen LogP contribution is 2.35. The first-order valence-corrected chi connectivity index (χ1v) is 8.37. The average Bonchev–Trinajstić information content (AvgIpc) is 2.71. The van der Waals surface area contributed by atoms with Crippen molar-refractivity contribution in [1.82, 2.24) is 5.32 Å². The molecule has 0 atom stereocenters. The number of hydrogen-bond acceptors (Lipinski definition) is 3. The normalized spacial score (nSPS) is 16.4. The zero-order chi connectivity index (χ0) is 14.6. The van der Waals surface area contributed by atoms with E-state index >= 15 is 0 Å². The van der Waals surface area contributed by atoms with Gasteiger partial charge < -0.3 is 10.4 Å². The van der Waals surface area contributed by atoms with Crippen LogP contribution in [-0.2, 0) is 16.0 Å². The summed E-state index contributed by atoms with van der Waals surface area (Å²) in [5.41, 5.74) is -0.477. The number of rotatable bonds is 7. The van der Waals surface area contributed by atoms with Gasteiger partial charge in [-0.2, -0.15) is 0 Å². The van der Waals surface area contributed by atoms with Crippen LogP contribution in [0.4, 0.5) is 0 Å². The summed E-state index contributed by atoms with van der Waals surface area (Å²) in [5.74, 6) is -0.866. The Kier molecular flexibility index (Phi) is 5.21. The summed E-state index contributed by atoms with van der Waals surface area (Å²) in [4.78, 5) is 24.0. The van der Waals surface area contributed by atoms with Crippen molar-refractivity contribution in [2.75, 3.05) is 0 Å². The third-order valence-electron chi connectivity index (χ3n) is 3.66. The van der Waals surface area contributed by atoms with Crippen molar-refractivity contribution in [2.45, 2.75) is 50.5 Å². The summed E-state index contributed by atoms with van der Waals surface area (Å²) in [7, 11) is 0. The molecular formula is C14H18BrNO3S. The van der Waals surface area contributed by atoms with Crippen LogP contribution in [0.3, 0.4) is 0 Å². The number of carbonyl (C=O) groups is 2. The zero-order valence-electron chi connectivity index (χ0n) is 11.2. The van der Waals surface area contributed by atoms with E-state index in [4.69, 9.17) is 5.11 Å². The van der Waals surface area contributed by atoms with Crippen molar-refractivity contribution in [3.05, 3.63) is 20.8 Å². The predicted octanol–water partition coefficient (Wildman–Crippen LogP) is 3.35. The minimum absolute atomic E-state index is 0.0263. The van der Waals surface area contributed by atoms with E-state index in [1.54, 1.807) is 11.3 Å². The number of carboxylic acid groups (broad SMARTS) is 1. The number of aryl methyl sites for hydroxylation is 1. The van der Waals surface area contributed by atoms with Crippen molar-refractivity contribution >= 4 is 39.1 Å². The largest absolute Gasteiger partial charge is 0.481 e. The first-order chi connectivity index (χ1) is 9.49. The molecule has 20 heavy (non-hydrogen) atoms. The van der Waals surface area contributed by atoms with Gasteiger partial charge in [0.25, 0.3) is 0 Å². The summed E-state index contributed by atoms with van der Waals surface area (Å²) in [5, 5.41) is 11.8. The Morgan fingerprint density at radius 3 is 2.65 bits per heavy atom. The molecule has 0 saturated heterocycles. The van der Waals surface area contributed by atoms with E-state index in [0.29, 0.717) is 6.42 Å². The van der Waals surface area contributed by atoms with Crippen LogP contribution in [0.1, 0.15) is 43.4 Å². The lowest BCUT2D eigenvalue weighted by atomic mass is 9.74. The van der Waals surface area contributed by atoms with Gasteiger partial charge in [0, 0.05) is 11.3 Å². The van der Waals surface area contributed by atoms with E-state index in [2.05, 4.69) is 27.3 Å². The third-order valence-corrected chi connectivity index (χ3v) is 5.34. The number of halogens is 1. The highest BCUT2D eigenvalue weighted by Gasteiger charge is 2.40. The van der Waals surface area contributed by atoms with Gasteiger partial charge >= 0.3 is 5.97 Å². The highest BCUT2D eigenvalue weighted by molar-refractivity contribution is 9.11. The highest BCUT2D eigenvalue weighted by atomic mass is 79.9. The second-order valence-corrected chi connectivity index (χ2v) is 7.86. The summed E-state index contributed by atoms with van der Waals surface area (Å²) in [6, 6.07) is 4.07. The van der Waals surface area contributed by atoms with Crippen molar-refractivity contribution in [1.29, 1.82) is 0 Å². The number of thiophene rings is 1. The predicted molar refractivity (Wildman–Crippen MR) is 81.9 cm³/mol. The van der Waals surface area contributed by atoms with Gasteiger partial charge in [-0.3, -0.25) is 9.59 Å². The molecular weight excluding hydrogens is 342 g/mol. The first-order valence-electron chi connectivity index (χ1n) is 6.76. The molecule has 2 N–H and O–H groups in total. The molecule has 1 aromatic rings. The number of carbonyl (C=O) groups excluding carboxylic acids is 1. The van der Waals surface area contributed by atoms with Crippen molar-refractivity contribution in [3.63, 3.8) is 0 Å². The molecule has 1 amide bonds. The van der Waals surface area contributed by atoms with Crippen LogP contribution in [0.5, 0.6) is 0 Å². The van der Waals surface area contributed by atoms with Crippen molar-refractivity contribution in [3.8, 4) is 0 Å². The Morgan fingerprint density at radius 1 is 1.40 bits per heavy atom. The van der Waals surface area contributed by atoms with Gasteiger partial charge in [-0.25, -0.2) is 0 Å². The molecule has 1 heterocycles. The lowest BCUT2D eigenvalue weighted by molar-refractivity contribution is -0.140. The SMILES string of the molecule is O=C(O)CC1(NC(=O)CCCc2ccc(Br)s2)CCC1. The quantitative estimate of drug-likeness (QED) is 0.784. The van der Waals surface area contributed by atoms with E-state index in [0.717, 1.165) is 35.9 Å². The topological polar surface area (TPSA) is 66.4 Å². The molecule has 2 rings (SSSR count). The molecule has 0 bridgehead atoms. The maximum Gasteiger partial charge on any atom is 0.305 e. The molecule has 0 unspecified atom stereocenters. The van der Waals surface area contributed by atoms with Gasteiger partial charge in [0.15, 0.2) is 0 Å². The van der Waals surface area contributed by atoms with Crippen LogP contribution >= 0.6 is 27.3 Å². The Balaban J connectivity index is 1.73. The Labute approximate surface area is 130 Å². The molecule has 0 aliphatic heterocycles. The van der Waals surface area contributed by atoms with Crippen LogP contribution in [0, 0.1) is 0 Å². The van der Waals surface area contributed by atoms with Crippen LogP contribution in [0.25, 0.3) is 0 Å². The van der Waals surface area contributed by atoms with Gasteiger partial charge in [0.05, 0.1) is 15.7 Å². The van der Waals surface area contributed by atoms with E-state index in [1.807, 2.05) is 6.07 Å². The molecule has 1 aromatic heterocycles. The van der Waals surface area contributed by atoms with E-state index in [1.165, 1.54) is 4.88 Å². The van der Waals surface area contributed by atoms with E-state index in [9.17, 15) is 9.59 Å². The average molecular weight is 360 g/mol. The smallest absolute Gasteiger partial charge is 0.305 e. The Morgan fingerprint density at radius 2 is 2.15 bits per heavy atom. The lowest BCUT2D eigenvalue weighted by Crippen LogP contribution is -2.54. The van der Waals surface area contributed by atoms with Gasteiger partial charge in [0.2, 0.25) is 5.91 Å².